The highest BCUT2D eigenvalue weighted by atomic mass is 79.9. The standard InChI is InChI=1S/C28H20BrClN2O4/c1-35-25-15-17(14-24-27(33)32(28(34)31-24)21-11-9-20(30)10-12-21)13-23(29)26(25)36-16-19-7-4-6-18-5-2-3-8-22(18)19/h2-15H,16H2,1H3,(H,31,34)/b24-14-. The number of nitrogens with zero attached hydrogens (tertiary/aromatic N) is 1. The van der Waals surface area contributed by atoms with Crippen LogP contribution in [0.5, 0.6) is 11.5 Å². The lowest BCUT2D eigenvalue weighted by molar-refractivity contribution is -0.113. The smallest absolute Gasteiger partial charge is 0.333 e. The first-order valence-corrected chi connectivity index (χ1v) is 12.2. The highest BCUT2D eigenvalue weighted by Crippen LogP contribution is 2.38. The van der Waals surface area contributed by atoms with E-state index < -0.39 is 11.9 Å². The molecule has 4 aromatic rings. The Morgan fingerprint density at radius 2 is 1.75 bits per heavy atom. The number of carbonyl (C=O) groups excluding carboxylic acids is 2. The topological polar surface area (TPSA) is 67.9 Å². The molecule has 1 saturated heterocycles. The minimum atomic E-state index is -0.533. The van der Waals surface area contributed by atoms with Gasteiger partial charge in [0.05, 0.1) is 17.3 Å². The Morgan fingerprint density at radius 3 is 2.53 bits per heavy atom. The first-order chi connectivity index (χ1) is 17.4. The molecule has 0 bridgehead atoms. The summed E-state index contributed by atoms with van der Waals surface area (Å²) in [5.41, 5.74) is 2.28. The molecule has 6 nitrogen and oxygen atoms in total. The van der Waals surface area contributed by atoms with E-state index in [9.17, 15) is 9.59 Å². The van der Waals surface area contributed by atoms with Gasteiger partial charge < -0.3 is 14.8 Å². The van der Waals surface area contributed by atoms with Crippen molar-refractivity contribution in [2.45, 2.75) is 6.61 Å². The number of halogens is 2. The lowest BCUT2D eigenvalue weighted by atomic mass is 10.1. The second-order valence-corrected chi connectivity index (χ2v) is 9.36. The molecule has 4 aromatic carbocycles. The highest BCUT2D eigenvalue weighted by Gasteiger charge is 2.34. The molecule has 36 heavy (non-hydrogen) atoms. The SMILES string of the molecule is COc1cc(/C=C2\NC(=O)N(c3ccc(Cl)cc3)C2=O)cc(Br)c1OCc1cccc2ccccc12. The second kappa shape index (κ2) is 10.0. The van der Waals surface area contributed by atoms with Crippen molar-refractivity contribution in [3.8, 4) is 11.5 Å². The maximum absolute atomic E-state index is 13.0. The Hall–Kier alpha value is -3.81. The van der Waals surface area contributed by atoms with Crippen molar-refractivity contribution in [2.75, 3.05) is 12.0 Å². The fraction of sp³-hybridized carbons (Fsp3) is 0.0714. The largest absolute Gasteiger partial charge is 0.493 e. The molecule has 3 amide bonds. The third kappa shape index (κ3) is 4.67. The molecule has 1 aliphatic heterocycles. The van der Waals surface area contributed by atoms with E-state index in [1.807, 2.05) is 24.3 Å². The number of nitrogens with one attached hydrogen (secondary N) is 1. The number of rotatable bonds is 6. The van der Waals surface area contributed by atoms with Crippen LogP contribution >= 0.6 is 27.5 Å². The van der Waals surface area contributed by atoms with Crippen molar-refractivity contribution in [3.63, 3.8) is 0 Å². The number of carbonyl (C=O) groups is 2. The Balaban J connectivity index is 1.40. The first kappa shape index (κ1) is 23.9. The Bertz CT molecular complexity index is 1510. The summed E-state index contributed by atoms with van der Waals surface area (Å²) in [4.78, 5) is 26.5. The average molecular weight is 564 g/mol. The summed E-state index contributed by atoms with van der Waals surface area (Å²) in [6.07, 6.45) is 1.60. The minimum Gasteiger partial charge on any atom is -0.493 e. The quantitative estimate of drug-likeness (QED) is 0.204. The van der Waals surface area contributed by atoms with Crippen LogP contribution in [0.4, 0.5) is 10.5 Å². The second-order valence-electron chi connectivity index (χ2n) is 8.07. The molecule has 0 aliphatic carbocycles. The number of amides is 3. The van der Waals surface area contributed by atoms with Crippen LogP contribution < -0.4 is 19.7 Å². The van der Waals surface area contributed by atoms with Gasteiger partial charge in [-0.05, 0) is 80.3 Å². The summed E-state index contributed by atoms with van der Waals surface area (Å²) < 4.78 is 12.4. The lowest BCUT2D eigenvalue weighted by Gasteiger charge is -2.15. The summed E-state index contributed by atoms with van der Waals surface area (Å²) >= 11 is 9.49. The molecule has 1 aliphatic rings. The van der Waals surface area contributed by atoms with E-state index in [0.29, 0.717) is 38.9 Å². The maximum Gasteiger partial charge on any atom is 0.333 e. The van der Waals surface area contributed by atoms with E-state index >= 15 is 0 Å². The van der Waals surface area contributed by atoms with Gasteiger partial charge in [0, 0.05) is 5.02 Å². The number of benzene rings is 4. The highest BCUT2D eigenvalue weighted by molar-refractivity contribution is 9.10. The van der Waals surface area contributed by atoms with Crippen molar-refractivity contribution in [3.05, 3.63) is 105 Å². The third-order valence-corrected chi connectivity index (χ3v) is 6.62. The van der Waals surface area contributed by atoms with Crippen LogP contribution in [-0.4, -0.2) is 19.0 Å². The summed E-state index contributed by atoms with van der Waals surface area (Å²) in [7, 11) is 1.55. The van der Waals surface area contributed by atoms with Gasteiger partial charge in [0.25, 0.3) is 5.91 Å². The van der Waals surface area contributed by atoms with E-state index in [2.05, 4.69) is 39.4 Å². The molecule has 0 atom stereocenters. The molecule has 0 saturated carbocycles. The molecular weight excluding hydrogens is 544 g/mol. The number of fused-ring (bicyclic) bond motifs is 1. The van der Waals surface area contributed by atoms with Crippen LogP contribution in [0.3, 0.4) is 0 Å². The molecule has 180 valence electrons. The Kier molecular flexibility index (Phi) is 6.67. The average Bonchev–Trinajstić information content (AvgIpc) is 3.16. The number of methoxy groups -OCH3 is 1. The van der Waals surface area contributed by atoms with Crippen LogP contribution in [0.2, 0.25) is 5.02 Å². The zero-order valence-electron chi connectivity index (χ0n) is 19.1. The van der Waals surface area contributed by atoms with Gasteiger partial charge in [0.15, 0.2) is 11.5 Å². The predicted molar refractivity (Wildman–Crippen MR) is 144 cm³/mol. The monoisotopic (exact) mass is 562 g/mol. The van der Waals surface area contributed by atoms with Gasteiger partial charge in [-0.15, -0.1) is 0 Å². The fourth-order valence-corrected chi connectivity index (χ4v) is 4.76. The zero-order chi connectivity index (χ0) is 25.2. The van der Waals surface area contributed by atoms with Crippen molar-refractivity contribution in [2.24, 2.45) is 0 Å². The molecular formula is C28H20BrClN2O4. The molecule has 0 unspecified atom stereocenters. The van der Waals surface area contributed by atoms with Gasteiger partial charge in [-0.3, -0.25) is 4.79 Å². The number of imide groups is 1. The molecule has 1 fully saturated rings. The van der Waals surface area contributed by atoms with E-state index in [-0.39, 0.29) is 5.70 Å². The van der Waals surface area contributed by atoms with Gasteiger partial charge in [-0.1, -0.05) is 54.1 Å². The van der Waals surface area contributed by atoms with Crippen molar-refractivity contribution in [1.82, 2.24) is 5.32 Å². The molecule has 5 rings (SSSR count). The van der Waals surface area contributed by atoms with E-state index in [1.54, 1.807) is 49.6 Å². The number of ether oxygens (including phenoxy) is 2. The zero-order valence-corrected chi connectivity index (χ0v) is 21.5. The van der Waals surface area contributed by atoms with Crippen molar-refractivity contribution < 1.29 is 19.1 Å². The molecule has 1 heterocycles. The van der Waals surface area contributed by atoms with E-state index in [4.69, 9.17) is 21.1 Å². The Morgan fingerprint density at radius 1 is 1.00 bits per heavy atom. The molecule has 0 aromatic heterocycles. The van der Waals surface area contributed by atoms with Crippen LogP contribution in [0.1, 0.15) is 11.1 Å². The Labute approximate surface area is 221 Å². The van der Waals surface area contributed by atoms with Crippen molar-refractivity contribution >= 4 is 62.0 Å². The van der Waals surface area contributed by atoms with Crippen LogP contribution in [0.15, 0.2) is 89.0 Å². The summed E-state index contributed by atoms with van der Waals surface area (Å²) in [5.74, 6) is 0.564. The number of hydrogen-bond donors (Lipinski definition) is 1. The van der Waals surface area contributed by atoms with Gasteiger partial charge in [0.1, 0.15) is 12.3 Å². The number of hydrogen-bond acceptors (Lipinski definition) is 4. The fourth-order valence-electron chi connectivity index (χ4n) is 4.06. The van der Waals surface area contributed by atoms with Crippen LogP contribution in [-0.2, 0) is 11.4 Å². The molecule has 0 radical (unpaired) electrons. The lowest BCUT2D eigenvalue weighted by Crippen LogP contribution is -2.30. The molecule has 1 N–H and O–H groups in total. The molecule has 0 spiro atoms. The van der Waals surface area contributed by atoms with E-state index in [1.165, 1.54) is 0 Å². The van der Waals surface area contributed by atoms with E-state index in [0.717, 1.165) is 21.2 Å². The maximum atomic E-state index is 13.0. The summed E-state index contributed by atoms with van der Waals surface area (Å²) in [5, 5.41) is 5.41. The van der Waals surface area contributed by atoms with Crippen LogP contribution in [0, 0.1) is 0 Å². The van der Waals surface area contributed by atoms with Crippen molar-refractivity contribution in [1.29, 1.82) is 0 Å². The van der Waals surface area contributed by atoms with Gasteiger partial charge >= 0.3 is 6.03 Å². The first-order valence-electron chi connectivity index (χ1n) is 11.0. The number of anilines is 1. The minimum absolute atomic E-state index is 0.147. The third-order valence-electron chi connectivity index (χ3n) is 5.78. The predicted octanol–water partition coefficient (Wildman–Crippen LogP) is 6.94. The number of urea groups is 1. The summed E-state index contributed by atoms with van der Waals surface area (Å²) in [6.45, 7) is 0.349. The van der Waals surface area contributed by atoms with Gasteiger partial charge in [-0.25, -0.2) is 9.69 Å². The van der Waals surface area contributed by atoms with Gasteiger partial charge in [-0.2, -0.15) is 0 Å². The van der Waals surface area contributed by atoms with Crippen LogP contribution in [0.25, 0.3) is 16.8 Å². The van der Waals surface area contributed by atoms with Gasteiger partial charge in [0.2, 0.25) is 0 Å². The normalized spacial score (nSPS) is 14.4. The summed E-state index contributed by atoms with van der Waals surface area (Å²) in [6, 6.07) is 23.7. The molecule has 8 heteroatoms.